The number of halogens is 1. The quantitative estimate of drug-likeness (QED) is 0.651. The van der Waals surface area contributed by atoms with Crippen molar-refractivity contribution in [2.24, 2.45) is 0 Å². The lowest BCUT2D eigenvalue weighted by Crippen LogP contribution is -2.07. The molecular weight excluding hydrogens is 394 g/mol. The Bertz CT molecular complexity index is 945. The van der Waals surface area contributed by atoms with Crippen LogP contribution < -0.4 is 5.32 Å². The third kappa shape index (κ3) is 4.15. The van der Waals surface area contributed by atoms with Crippen molar-refractivity contribution in [1.82, 2.24) is 9.36 Å². The average Bonchev–Trinajstić information content (AvgIpc) is 3.10. The van der Waals surface area contributed by atoms with Gasteiger partial charge in [-0.2, -0.15) is 4.37 Å². The molecule has 1 N–H and O–H groups in total. The van der Waals surface area contributed by atoms with Crippen LogP contribution in [0.5, 0.6) is 0 Å². The molecule has 2 aromatic heterocycles. The monoisotopic (exact) mass is 405 g/mol. The van der Waals surface area contributed by atoms with Crippen LogP contribution in [0.3, 0.4) is 0 Å². The zero-order valence-electron chi connectivity index (χ0n) is 12.6. The maximum Gasteiger partial charge on any atom is 0.250 e. The molecule has 8 heteroatoms. The van der Waals surface area contributed by atoms with Crippen LogP contribution >= 0.6 is 27.5 Å². The smallest absolute Gasteiger partial charge is 0.250 e. The number of Topliss-reactive ketones (excluding diaryl/α,β-unsaturated/α-hetero) is 1. The van der Waals surface area contributed by atoms with Crippen molar-refractivity contribution in [3.05, 3.63) is 46.4 Å². The summed E-state index contributed by atoms with van der Waals surface area (Å²) in [7, 11) is 0. The number of furan rings is 1. The van der Waals surface area contributed by atoms with E-state index in [1.165, 1.54) is 13.0 Å². The second-order valence-corrected chi connectivity index (χ2v) is 6.72. The van der Waals surface area contributed by atoms with E-state index in [-0.39, 0.29) is 18.1 Å². The molecule has 0 bridgehead atoms. The van der Waals surface area contributed by atoms with E-state index in [1.54, 1.807) is 6.08 Å². The number of hydrogen-bond donors (Lipinski definition) is 1. The van der Waals surface area contributed by atoms with Gasteiger partial charge in [-0.25, -0.2) is 4.98 Å². The van der Waals surface area contributed by atoms with E-state index in [0.29, 0.717) is 16.7 Å². The Kier molecular flexibility index (Phi) is 4.86. The lowest BCUT2D eigenvalue weighted by atomic mass is 10.2. The zero-order valence-corrected chi connectivity index (χ0v) is 15.0. The van der Waals surface area contributed by atoms with Crippen LogP contribution in [0, 0.1) is 0 Å². The van der Waals surface area contributed by atoms with Crippen LogP contribution in [0.4, 0.5) is 5.13 Å². The molecule has 0 atom stereocenters. The van der Waals surface area contributed by atoms with E-state index in [0.717, 1.165) is 27.0 Å². The van der Waals surface area contributed by atoms with E-state index in [1.807, 2.05) is 24.3 Å². The largest absolute Gasteiger partial charge is 0.457 e. The minimum atomic E-state index is -0.345. The number of nitrogens with one attached hydrogen (secondary N) is 1. The number of hydrogen-bond acceptors (Lipinski definition) is 6. The van der Waals surface area contributed by atoms with Crippen LogP contribution in [0.25, 0.3) is 17.0 Å². The lowest BCUT2D eigenvalue weighted by molar-refractivity contribution is -0.116. The van der Waals surface area contributed by atoms with Gasteiger partial charge in [0, 0.05) is 27.5 Å². The summed E-state index contributed by atoms with van der Waals surface area (Å²) in [6.45, 7) is 1.47. The number of carbonyl (C=O) groups is 2. The number of rotatable bonds is 5. The van der Waals surface area contributed by atoms with Gasteiger partial charge in [0.05, 0.1) is 6.42 Å². The van der Waals surface area contributed by atoms with Crippen molar-refractivity contribution < 1.29 is 14.0 Å². The Morgan fingerprint density at radius 2 is 2.21 bits per heavy atom. The molecule has 0 spiro atoms. The van der Waals surface area contributed by atoms with Crippen molar-refractivity contribution >= 4 is 61.3 Å². The summed E-state index contributed by atoms with van der Waals surface area (Å²) in [5.41, 5.74) is 0.747. The van der Waals surface area contributed by atoms with Gasteiger partial charge in [0.1, 0.15) is 17.1 Å². The van der Waals surface area contributed by atoms with Gasteiger partial charge in [-0.15, -0.1) is 0 Å². The van der Waals surface area contributed by atoms with Gasteiger partial charge in [-0.3, -0.25) is 14.9 Å². The van der Waals surface area contributed by atoms with Crippen molar-refractivity contribution in [1.29, 1.82) is 0 Å². The Morgan fingerprint density at radius 1 is 1.38 bits per heavy atom. The van der Waals surface area contributed by atoms with Gasteiger partial charge in [0.2, 0.25) is 11.0 Å². The second kappa shape index (κ2) is 7.06. The fraction of sp³-hybridized carbons (Fsp3) is 0.125. The SMILES string of the molecule is CC(=O)Cc1nsc(NC(=O)/C=C/c2cc3cc(Br)ccc3o2)n1. The number of benzene rings is 1. The molecule has 0 fully saturated rings. The molecule has 122 valence electrons. The van der Waals surface area contributed by atoms with Crippen molar-refractivity contribution in [2.45, 2.75) is 13.3 Å². The molecule has 1 aromatic carbocycles. The predicted molar refractivity (Wildman–Crippen MR) is 95.9 cm³/mol. The van der Waals surface area contributed by atoms with Gasteiger partial charge < -0.3 is 4.42 Å². The van der Waals surface area contributed by atoms with Crippen molar-refractivity contribution in [3.8, 4) is 0 Å². The van der Waals surface area contributed by atoms with Gasteiger partial charge in [0.15, 0.2) is 5.82 Å². The minimum absolute atomic E-state index is 0.0258. The third-order valence-corrected chi connectivity index (χ3v) is 4.16. The Balaban J connectivity index is 1.65. The highest BCUT2D eigenvalue weighted by molar-refractivity contribution is 9.10. The molecule has 24 heavy (non-hydrogen) atoms. The number of aromatic nitrogens is 2. The first-order valence-electron chi connectivity index (χ1n) is 7.00. The number of ketones is 1. The summed E-state index contributed by atoms with van der Waals surface area (Å²) in [5.74, 6) is 0.617. The molecule has 0 radical (unpaired) electrons. The maximum atomic E-state index is 11.9. The number of amides is 1. The average molecular weight is 406 g/mol. The molecule has 0 saturated heterocycles. The van der Waals surface area contributed by atoms with Gasteiger partial charge in [0.25, 0.3) is 0 Å². The van der Waals surface area contributed by atoms with Crippen LogP contribution in [0.15, 0.2) is 39.2 Å². The van der Waals surface area contributed by atoms with E-state index in [9.17, 15) is 9.59 Å². The zero-order chi connectivity index (χ0) is 17.1. The Morgan fingerprint density at radius 3 is 3.00 bits per heavy atom. The molecule has 0 saturated carbocycles. The Labute approximate surface area is 149 Å². The first-order chi connectivity index (χ1) is 11.5. The molecule has 2 heterocycles. The van der Waals surface area contributed by atoms with E-state index < -0.39 is 0 Å². The van der Waals surface area contributed by atoms with E-state index in [2.05, 4.69) is 30.6 Å². The molecule has 0 aliphatic heterocycles. The van der Waals surface area contributed by atoms with Gasteiger partial charge in [-0.05, 0) is 37.3 Å². The van der Waals surface area contributed by atoms with Crippen molar-refractivity contribution in [3.63, 3.8) is 0 Å². The molecular formula is C16H12BrN3O3S. The van der Waals surface area contributed by atoms with Crippen LogP contribution in [-0.4, -0.2) is 21.0 Å². The van der Waals surface area contributed by atoms with Gasteiger partial charge in [-0.1, -0.05) is 15.9 Å². The van der Waals surface area contributed by atoms with E-state index in [4.69, 9.17) is 4.42 Å². The number of nitrogens with zero attached hydrogens (tertiary/aromatic N) is 2. The third-order valence-electron chi connectivity index (χ3n) is 3.00. The molecule has 6 nitrogen and oxygen atoms in total. The summed E-state index contributed by atoms with van der Waals surface area (Å²) >= 11 is 4.44. The lowest BCUT2D eigenvalue weighted by Gasteiger charge is -1.94. The van der Waals surface area contributed by atoms with E-state index >= 15 is 0 Å². The highest BCUT2D eigenvalue weighted by atomic mass is 79.9. The fourth-order valence-electron chi connectivity index (χ4n) is 2.02. The summed E-state index contributed by atoms with van der Waals surface area (Å²) in [6, 6.07) is 7.53. The first-order valence-corrected chi connectivity index (χ1v) is 8.56. The molecule has 3 rings (SSSR count). The molecule has 0 aliphatic rings. The van der Waals surface area contributed by atoms with Crippen LogP contribution in [0.1, 0.15) is 18.5 Å². The fourth-order valence-corrected chi connectivity index (χ4v) is 2.99. The number of fused-ring (bicyclic) bond motifs is 1. The molecule has 0 unspecified atom stereocenters. The summed E-state index contributed by atoms with van der Waals surface area (Å²) in [5, 5.41) is 3.91. The summed E-state index contributed by atoms with van der Waals surface area (Å²) < 4.78 is 10.6. The normalized spacial score (nSPS) is 11.2. The number of anilines is 1. The topological polar surface area (TPSA) is 85.1 Å². The summed E-state index contributed by atoms with van der Waals surface area (Å²) in [6.07, 6.45) is 3.11. The predicted octanol–water partition coefficient (Wildman–Crippen LogP) is 3.83. The number of carbonyl (C=O) groups excluding carboxylic acids is 2. The maximum absolute atomic E-state index is 11.9. The molecule has 3 aromatic rings. The van der Waals surface area contributed by atoms with Crippen molar-refractivity contribution in [2.75, 3.05) is 5.32 Å². The Hall–Kier alpha value is -2.32. The highest BCUT2D eigenvalue weighted by Crippen LogP contribution is 2.24. The van der Waals surface area contributed by atoms with Crippen LogP contribution in [-0.2, 0) is 16.0 Å². The molecule has 1 amide bonds. The molecule has 0 aliphatic carbocycles. The highest BCUT2D eigenvalue weighted by Gasteiger charge is 2.08. The summed E-state index contributed by atoms with van der Waals surface area (Å²) in [4.78, 5) is 27.0. The van der Waals surface area contributed by atoms with Crippen LogP contribution in [0.2, 0.25) is 0 Å². The second-order valence-electron chi connectivity index (χ2n) is 5.05. The standard InChI is InChI=1S/C16H12BrN3O3S/c1-9(21)6-14-18-16(24-20-14)19-15(22)5-3-12-8-10-7-11(17)2-4-13(10)23-12/h2-5,7-8H,6H2,1H3,(H,18,19,20,22)/b5-3+. The first kappa shape index (κ1) is 16.5. The van der Waals surface area contributed by atoms with Gasteiger partial charge >= 0.3 is 0 Å². The minimum Gasteiger partial charge on any atom is -0.457 e.